The second-order valence-corrected chi connectivity index (χ2v) is 6.00. The van der Waals surface area contributed by atoms with Crippen molar-refractivity contribution in [3.63, 3.8) is 0 Å². The standard InChI is InChI=1S/C13H13BrClNO5/c14-12-11(8-5(15)2-1-3-6(8)16-12)21-13-10(19)9(18)7(17)4-20-13/h1-3,7,9-10,13,16-19H,4H2/t7-,9+,10-,13+/m1/s1. The van der Waals surface area contributed by atoms with E-state index in [1.807, 2.05) is 6.07 Å². The van der Waals surface area contributed by atoms with Crippen molar-refractivity contribution in [2.45, 2.75) is 24.6 Å². The Bertz CT molecular complexity index is 663. The van der Waals surface area contributed by atoms with Gasteiger partial charge in [0, 0.05) is 0 Å². The molecule has 2 aromatic rings. The number of ether oxygens (including phenoxy) is 2. The summed E-state index contributed by atoms with van der Waals surface area (Å²) in [4.78, 5) is 3.05. The maximum absolute atomic E-state index is 9.92. The van der Waals surface area contributed by atoms with Crippen LogP contribution in [0, 0.1) is 0 Å². The van der Waals surface area contributed by atoms with Crippen LogP contribution < -0.4 is 4.74 Å². The Kier molecular flexibility index (Phi) is 4.13. The van der Waals surface area contributed by atoms with Crippen molar-refractivity contribution in [1.29, 1.82) is 0 Å². The van der Waals surface area contributed by atoms with Crippen LogP contribution in [0.15, 0.2) is 22.8 Å². The highest BCUT2D eigenvalue weighted by atomic mass is 79.9. The van der Waals surface area contributed by atoms with Gasteiger partial charge in [0.05, 0.1) is 22.5 Å². The molecule has 3 rings (SSSR count). The second kappa shape index (κ2) is 5.75. The van der Waals surface area contributed by atoms with Crippen LogP contribution in [0.5, 0.6) is 5.75 Å². The Morgan fingerprint density at radius 2 is 2.05 bits per heavy atom. The molecule has 8 heteroatoms. The highest BCUT2D eigenvalue weighted by molar-refractivity contribution is 9.10. The third-order valence-electron chi connectivity index (χ3n) is 3.37. The van der Waals surface area contributed by atoms with Gasteiger partial charge in [-0.25, -0.2) is 0 Å². The van der Waals surface area contributed by atoms with Gasteiger partial charge < -0.3 is 29.8 Å². The third kappa shape index (κ3) is 2.65. The fourth-order valence-electron chi connectivity index (χ4n) is 2.25. The Balaban J connectivity index is 1.93. The predicted octanol–water partition coefficient (Wildman–Crippen LogP) is 1.40. The van der Waals surface area contributed by atoms with Crippen LogP contribution in [0.1, 0.15) is 0 Å². The number of aromatic nitrogens is 1. The molecule has 0 saturated carbocycles. The molecule has 1 aliphatic heterocycles. The van der Waals surface area contributed by atoms with Gasteiger partial charge >= 0.3 is 0 Å². The Morgan fingerprint density at radius 3 is 2.81 bits per heavy atom. The molecule has 0 spiro atoms. The first-order valence-corrected chi connectivity index (χ1v) is 7.44. The van der Waals surface area contributed by atoms with E-state index in [2.05, 4.69) is 20.9 Å². The van der Waals surface area contributed by atoms with Gasteiger partial charge in [-0.05, 0) is 28.1 Å². The molecule has 4 atom stereocenters. The van der Waals surface area contributed by atoms with Gasteiger partial charge in [0.2, 0.25) is 6.29 Å². The largest absolute Gasteiger partial charge is 0.458 e. The van der Waals surface area contributed by atoms with Crippen LogP contribution in [-0.4, -0.2) is 51.5 Å². The van der Waals surface area contributed by atoms with Crippen molar-refractivity contribution in [1.82, 2.24) is 4.98 Å². The van der Waals surface area contributed by atoms with Crippen molar-refractivity contribution in [2.24, 2.45) is 0 Å². The molecule has 0 radical (unpaired) electrons. The van der Waals surface area contributed by atoms with Gasteiger partial charge in [-0.15, -0.1) is 0 Å². The van der Waals surface area contributed by atoms with E-state index in [1.165, 1.54) is 0 Å². The van der Waals surface area contributed by atoms with E-state index in [-0.39, 0.29) is 6.61 Å². The maximum atomic E-state index is 9.92. The average Bonchev–Trinajstić information content (AvgIpc) is 2.77. The number of hydrogen-bond donors (Lipinski definition) is 4. The summed E-state index contributed by atoms with van der Waals surface area (Å²) in [6, 6.07) is 5.34. The zero-order valence-corrected chi connectivity index (χ0v) is 13.0. The maximum Gasteiger partial charge on any atom is 0.229 e. The number of halogens is 2. The lowest BCUT2D eigenvalue weighted by Crippen LogP contribution is -2.54. The van der Waals surface area contributed by atoms with Gasteiger partial charge in [-0.2, -0.15) is 0 Å². The van der Waals surface area contributed by atoms with E-state index >= 15 is 0 Å². The number of rotatable bonds is 2. The summed E-state index contributed by atoms with van der Waals surface area (Å²) in [6.07, 6.45) is -4.94. The highest BCUT2D eigenvalue weighted by Gasteiger charge is 2.39. The fraction of sp³-hybridized carbons (Fsp3) is 0.385. The molecule has 1 fully saturated rings. The van der Waals surface area contributed by atoms with Crippen molar-refractivity contribution >= 4 is 38.4 Å². The summed E-state index contributed by atoms with van der Waals surface area (Å²) < 4.78 is 11.4. The first kappa shape index (κ1) is 15.1. The summed E-state index contributed by atoms with van der Waals surface area (Å²) >= 11 is 9.50. The van der Waals surface area contributed by atoms with E-state index in [1.54, 1.807) is 12.1 Å². The minimum absolute atomic E-state index is 0.128. The first-order valence-electron chi connectivity index (χ1n) is 6.27. The van der Waals surface area contributed by atoms with Crippen LogP contribution in [0.2, 0.25) is 5.02 Å². The molecule has 2 heterocycles. The zero-order valence-electron chi connectivity index (χ0n) is 10.7. The van der Waals surface area contributed by atoms with Crippen LogP contribution in [0.3, 0.4) is 0 Å². The van der Waals surface area contributed by atoms with Crippen molar-refractivity contribution in [3.8, 4) is 5.75 Å². The number of fused-ring (bicyclic) bond motifs is 1. The summed E-state index contributed by atoms with van der Waals surface area (Å²) in [6.45, 7) is -0.128. The minimum Gasteiger partial charge on any atom is -0.458 e. The average molecular weight is 379 g/mol. The number of aliphatic hydroxyl groups excluding tert-OH is 3. The molecule has 0 amide bonds. The Morgan fingerprint density at radius 1 is 1.29 bits per heavy atom. The van der Waals surface area contributed by atoms with Crippen LogP contribution in [-0.2, 0) is 4.74 Å². The molecule has 1 saturated heterocycles. The topological polar surface area (TPSA) is 94.9 Å². The normalized spacial score (nSPS) is 29.8. The summed E-state index contributed by atoms with van der Waals surface area (Å²) in [5, 5.41) is 30.2. The van der Waals surface area contributed by atoms with Crippen LogP contribution in [0.25, 0.3) is 10.9 Å². The molecule has 114 valence electrons. The molecule has 1 aromatic heterocycles. The molecule has 6 nitrogen and oxygen atoms in total. The summed E-state index contributed by atoms with van der Waals surface area (Å²) in [7, 11) is 0. The fourth-order valence-corrected chi connectivity index (χ4v) is 3.02. The zero-order chi connectivity index (χ0) is 15.1. The van der Waals surface area contributed by atoms with E-state index in [0.29, 0.717) is 20.8 Å². The number of hydrogen-bond acceptors (Lipinski definition) is 5. The SMILES string of the molecule is O[C@@H]1[C@@H](O)[C@H](Oc2c(Br)[nH]c3cccc(Cl)c23)OC[C@H]1O. The molecule has 0 bridgehead atoms. The van der Waals surface area contributed by atoms with E-state index < -0.39 is 24.6 Å². The Labute approximate surface area is 133 Å². The number of aliphatic hydroxyl groups is 3. The molecule has 0 aliphatic carbocycles. The van der Waals surface area contributed by atoms with Crippen molar-refractivity contribution < 1.29 is 24.8 Å². The molecule has 0 unspecified atom stereocenters. The Hall–Kier alpha value is -0.830. The number of aromatic amines is 1. The minimum atomic E-state index is -1.37. The van der Waals surface area contributed by atoms with Gasteiger partial charge in [0.25, 0.3) is 0 Å². The van der Waals surface area contributed by atoms with Gasteiger partial charge in [-0.1, -0.05) is 17.7 Å². The van der Waals surface area contributed by atoms with Gasteiger partial charge in [-0.3, -0.25) is 0 Å². The lowest BCUT2D eigenvalue weighted by atomic mass is 10.1. The van der Waals surface area contributed by atoms with Crippen molar-refractivity contribution in [3.05, 3.63) is 27.8 Å². The summed E-state index contributed by atoms with van der Waals surface area (Å²) in [5.74, 6) is 0.378. The van der Waals surface area contributed by atoms with Crippen LogP contribution >= 0.6 is 27.5 Å². The molecule has 4 N–H and O–H groups in total. The third-order valence-corrected chi connectivity index (χ3v) is 4.25. The smallest absolute Gasteiger partial charge is 0.229 e. The molecule has 1 aromatic carbocycles. The number of benzene rings is 1. The summed E-state index contributed by atoms with van der Waals surface area (Å²) in [5.41, 5.74) is 0.759. The van der Waals surface area contributed by atoms with E-state index in [4.69, 9.17) is 21.1 Å². The van der Waals surface area contributed by atoms with E-state index in [0.717, 1.165) is 5.52 Å². The lowest BCUT2D eigenvalue weighted by molar-refractivity contribution is -0.241. The monoisotopic (exact) mass is 377 g/mol. The number of H-pyrrole nitrogens is 1. The lowest BCUT2D eigenvalue weighted by Gasteiger charge is -2.34. The molecular formula is C13H13BrClNO5. The predicted molar refractivity (Wildman–Crippen MR) is 79.4 cm³/mol. The highest BCUT2D eigenvalue weighted by Crippen LogP contribution is 2.39. The number of nitrogens with one attached hydrogen (secondary N) is 1. The van der Waals surface area contributed by atoms with Crippen molar-refractivity contribution in [2.75, 3.05) is 6.61 Å². The second-order valence-electron chi connectivity index (χ2n) is 4.80. The first-order chi connectivity index (χ1) is 9.99. The van der Waals surface area contributed by atoms with E-state index in [9.17, 15) is 15.3 Å². The van der Waals surface area contributed by atoms with Crippen LogP contribution in [0.4, 0.5) is 0 Å². The molecule has 1 aliphatic rings. The molecular weight excluding hydrogens is 366 g/mol. The van der Waals surface area contributed by atoms with Gasteiger partial charge in [0.1, 0.15) is 22.9 Å². The molecule has 21 heavy (non-hydrogen) atoms. The quantitative estimate of drug-likeness (QED) is 0.634. The van der Waals surface area contributed by atoms with Gasteiger partial charge in [0.15, 0.2) is 5.75 Å².